The third-order valence-electron chi connectivity index (χ3n) is 1.15. The topological polar surface area (TPSA) is 4.41 Å². The smallest absolute Gasteiger partial charge is 0.0990 e. The van der Waals surface area contributed by atoms with Crippen LogP contribution in [0.15, 0.2) is 29.9 Å². The SMILES string of the molecule is Cl.c1cc2sccn2c1. The second kappa shape index (κ2) is 2.42. The van der Waals surface area contributed by atoms with Gasteiger partial charge < -0.3 is 4.40 Å². The van der Waals surface area contributed by atoms with Gasteiger partial charge in [-0.05, 0) is 12.1 Å². The average molecular weight is 160 g/mol. The number of rotatable bonds is 0. The first-order chi connectivity index (χ1) is 3.97. The maximum absolute atomic E-state index is 2.10. The van der Waals surface area contributed by atoms with Crippen molar-refractivity contribution in [3.8, 4) is 0 Å². The summed E-state index contributed by atoms with van der Waals surface area (Å²) in [5, 5.41) is 2.08. The van der Waals surface area contributed by atoms with Crippen molar-refractivity contribution in [1.82, 2.24) is 4.40 Å². The minimum absolute atomic E-state index is 0. The highest BCUT2D eigenvalue weighted by Gasteiger charge is 1.86. The molecule has 0 aliphatic carbocycles. The molecule has 1 nitrogen and oxygen atoms in total. The minimum atomic E-state index is 0. The Morgan fingerprint density at radius 1 is 1.33 bits per heavy atom. The predicted octanol–water partition coefficient (Wildman–Crippen LogP) is 2.42. The third kappa shape index (κ3) is 0.955. The number of halogens is 1. The van der Waals surface area contributed by atoms with Crippen molar-refractivity contribution in [1.29, 1.82) is 0 Å². The first-order valence-electron chi connectivity index (χ1n) is 2.47. The summed E-state index contributed by atoms with van der Waals surface area (Å²) < 4.78 is 2.10. The van der Waals surface area contributed by atoms with Crippen LogP contribution in [-0.4, -0.2) is 4.40 Å². The van der Waals surface area contributed by atoms with E-state index in [2.05, 4.69) is 22.0 Å². The molecule has 0 unspecified atom stereocenters. The summed E-state index contributed by atoms with van der Waals surface area (Å²) in [4.78, 5) is 1.31. The maximum atomic E-state index is 2.10. The van der Waals surface area contributed by atoms with Gasteiger partial charge in [0.2, 0.25) is 0 Å². The number of nitrogens with zero attached hydrogens (tertiary/aromatic N) is 1. The molecule has 2 rings (SSSR count). The van der Waals surface area contributed by atoms with Gasteiger partial charge in [-0.15, -0.1) is 23.7 Å². The molecule has 0 radical (unpaired) electrons. The lowest BCUT2D eigenvalue weighted by atomic mass is 10.7. The summed E-state index contributed by atoms with van der Waals surface area (Å²) in [7, 11) is 0. The first-order valence-corrected chi connectivity index (χ1v) is 3.35. The molecule has 2 aromatic heterocycles. The lowest BCUT2D eigenvalue weighted by Crippen LogP contribution is -1.64. The Labute approximate surface area is 63.3 Å². The lowest BCUT2D eigenvalue weighted by molar-refractivity contribution is 1.24. The molecule has 0 aliphatic heterocycles. The van der Waals surface area contributed by atoms with E-state index >= 15 is 0 Å². The van der Waals surface area contributed by atoms with Gasteiger partial charge in [-0.2, -0.15) is 0 Å². The summed E-state index contributed by atoms with van der Waals surface area (Å²) >= 11 is 1.76. The van der Waals surface area contributed by atoms with Crippen molar-refractivity contribution in [3.05, 3.63) is 29.9 Å². The van der Waals surface area contributed by atoms with Crippen molar-refractivity contribution in [2.75, 3.05) is 0 Å². The Kier molecular flexibility index (Phi) is 1.78. The molecule has 0 aromatic carbocycles. The molecule has 0 fully saturated rings. The largest absolute Gasteiger partial charge is 0.315 e. The summed E-state index contributed by atoms with van der Waals surface area (Å²) in [6, 6.07) is 4.15. The number of aromatic nitrogens is 1. The summed E-state index contributed by atoms with van der Waals surface area (Å²) in [6.45, 7) is 0. The van der Waals surface area contributed by atoms with Crippen molar-refractivity contribution < 1.29 is 0 Å². The molecule has 9 heavy (non-hydrogen) atoms. The third-order valence-corrected chi connectivity index (χ3v) is 2.00. The van der Waals surface area contributed by atoms with Crippen LogP contribution in [0.1, 0.15) is 0 Å². The number of fused-ring (bicyclic) bond motifs is 1. The Balaban J connectivity index is 0.000000405. The van der Waals surface area contributed by atoms with Crippen LogP contribution in [0.25, 0.3) is 4.83 Å². The van der Waals surface area contributed by atoms with Crippen LogP contribution < -0.4 is 0 Å². The van der Waals surface area contributed by atoms with Gasteiger partial charge in [-0.1, -0.05) is 0 Å². The van der Waals surface area contributed by atoms with Crippen LogP contribution in [-0.2, 0) is 0 Å². The molecule has 2 aromatic rings. The zero-order valence-corrected chi connectivity index (χ0v) is 6.28. The molecule has 2 heterocycles. The molecule has 0 spiro atoms. The lowest BCUT2D eigenvalue weighted by Gasteiger charge is -1.73. The zero-order valence-electron chi connectivity index (χ0n) is 4.65. The molecule has 0 N–H and O–H groups in total. The fraction of sp³-hybridized carbons (Fsp3) is 0. The van der Waals surface area contributed by atoms with Crippen LogP contribution in [0.2, 0.25) is 0 Å². The normalized spacial score (nSPS) is 9.33. The number of hydrogen-bond donors (Lipinski definition) is 0. The monoisotopic (exact) mass is 159 g/mol. The standard InChI is InChI=1S/C6H5NS.ClH/c1-2-6-7(3-1)4-5-8-6;/h1-5H;1H. The van der Waals surface area contributed by atoms with Crippen molar-refractivity contribution in [2.45, 2.75) is 0 Å². The second-order valence-electron chi connectivity index (χ2n) is 1.66. The van der Waals surface area contributed by atoms with E-state index in [-0.39, 0.29) is 12.4 Å². The van der Waals surface area contributed by atoms with Crippen LogP contribution in [0.3, 0.4) is 0 Å². The molecule has 0 bridgehead atoms. The Morgan fingerprint density at radius 3 is 3.00 bits per heavy atom. The van der Waals surface area contributed by atoms with E-state index in [0.717, 1.165) is 0 Å². The van der Waals surface area contributed by atoms with Crippen molar-refractivity contribution in [3.63, 3.8) is 0 Å². The molecular formula is C6H6ClNS. The van der Waals surface area contributed by atoms with Gasteiger partial charge in [-0.25, -0.2) is 0 Å². The molecule has 0 saturated carbocycles. The maximum Gasteiger partial charge on any atom is 0.0990 e. The van der Waals surface area contributed by atoms with E-state index in [0.29, 0.717) is 0 Å². The van der Waals surface area contributed by atoms with Gasteiger partial charge in [0, 0.05) is 17.8 Å². The molecular weight excluding hydrogens is 154 g/mol. The van der Waals surface area contributed by atoms with Crippen LogP contribution in [0.4, 0.5) is 0 Å². The second-order valence-corrected chi connectivity index (χ2v) is 2.58. The molecule has 3 heteroatoms. The Bertz CT molecular complexity index is 234. The quantitative estimate of drug-likeness (QED) is 0.556. The van der Waals surface area contributed by atoms with Crippen LogP contribution in [0, 0.1) is 0 Å². The van der Waals surface area contributed by atoms with E-state index < -0.39 is 0 Å². The van der Waals surface area contributed by atoms with Gasteiger partial charge in [0.25, 0.3) is 0 Å². The Hall–Kier alpha value is -0.470. The minimum Gasteiger partial charge on any atom is -0.315 e. The van der Waals surface area contributed by atoms with E-state index in [1.54, 1.807) is 11.3 Å². The molecule has 48 valence electrons. The molecule has 0 saturated heterocycles. The fourth-order valence-electron chi connectivity index (χ4n) is 0.767. The van der Waals surface area contributed by atoms with E-state index in [1.165, 1.54) is 4.83 Å². The van der Waals surface area contributed by atoms with E-state index in [9.17, 15) is 0 Å². The highest BCUT2D eigenvalue weighted by molar-refractivity contribution is 7.15. The van der Waals surface area contributed by atoms with Crippen molar-refractivity contribution >= 4 is 28.6 Å². The van der Waals surface area contributed by atoms with E-state index in [1.807, 2.05) is 12.3 Å². The Morgan fingerprint density at radius 2 is 2.22 bits per heavy atom. The summed E-state index contributed by atoms with van der Waals surface area (Å²) in [5.74, 6) is 0. The molecule has 0 amide bonds. The highest BCUT2D eigenvalue weighted by atomic mass is 35.5. The van der Waals surface area contributed by atoms with Gasteiger partial charge in [0.1, 0.15) is 0 Å². The molecule has 0 aliphatic rings. The van der Waals surface area contributed by atoms with E-state index in [4.69, 9.17) is 0 Å². The average Bonchev–Trinajstić information content (AvgIpc) is 2.15. The van der Waals surface area contributed by atoms with Gasteiger partial charge in [0.05, 0.1) is 4.83 Å². The molecule has 0 atom stereocenters. The highest BCUT2D eigenvalue weighted by Crippen LogP contribution is 2.10. The number of hydrogen-bond acceptors (Lipinski definition) is 1. The summed E-state index contributed by atoms with van der Waals surface area (Å²) in [6.07, 6.45) is 4.10. The first kappa shape index (κ1) is 6.65. The van der Waals surface area contributed by atoms with Crippen LogP contribution >= 0.6 is 23.7 Å². The fourth-order valence-corrected chi connectivity index (χ4v) is 1.50. The summed E-state index contributed by atoms with van der Waals surface area (Å²) in [5.41, 5.74) is 0. The van der Waals surface area contributed by atoms with Crippen molar-refractivity contribution in [2.24, 2.45) is 0 Å². The van der Waals surface area contributed by atoms with Gasteiger partial charge >= 0.3 is 0 Å². The number of thiazole rings is 1. The van der Waals surface area contributed by atoms with Gasteiger partial charge in [-0.3, -0.25) is 0 Å². The zero-order chi connectivity index (χ0) is 5.40. The predicted molar refractivity (Wildman–Crippen MR) is 42.5 cm³/mol. The van der Waals surface area contributed by atoms with Crippen LogP contribution in [0.5, 0.6) is 0 Å². The van der Waals surface area contributed by atoms with Gasteiger partial charge in [0.15, 0.2) is 0 Å².